The van der Waals surface area contributed by atoms with E-state index in [4.69, 9.17) is 11.5 Å². The first-order chi connectivity index (χ1) is 14.3. The molecule has 0 aliphatic carbocycles. The Morgan fingerprint density at radius 3 is 1.90 bits per heavy atom. The predicted molar refractivity (Wildman–Crippen MR) is 118 cm³/mol. The molecule has 0 fully saturated rings. The molecular weight excluding hydrogens is 426 g/mol. The van der Waals surface area contributed by atoms with Gasteiger partial charge in [0.05, 0.1) is 6.04 Å². The topological polar surface area (TPSA) is 194 Å². The van der Waals surface area contributed by atoms with E-state index in [0.717, 1.165) is 0 Å². The number of rotatable bonds is 14. The van der Waals surface area contributed by atoms with Crippen molar-refractivity contribution in [3.05, 3.63) is 0 Å². The minimum atomic E-state index is -1.16. The first-order valence-corrected chi connectivity index (χ1v) is 10.8. The van der Waals surface area contributed by atoms with E-state index in [0.29, 0.717) is 6.42 Å². The van der Waals surface area contributed by atoms with E-state index < -0.39 is 53.8 Å². The zero-order chi connectivity index (χ0) is 24.3. The number of nitrogens with two attached hydrogens (primary N) is 2. The zero-order valence-corrected chi connectivity index (χ0v) is 19.3. The Hall–Kier alpha value is -2.34. The van der Waals surface area contributed by atoms with Crippen LogP contribution in [0.4, 0.5) is 0 Å². The monoisotopic (exact) mass is 461 g/mol. The Morgan fingerprint density at radius 2 is 1.48 bits per heavy atom. The van der Waals surface area contributed by atoms with Gasteiger partial charge in [0, 0.05) is 12.2 Å². The van der Waals surface area contributed by atoms with Crippen LogP contribution in [0.3, 0.4) is 0 Å². The van der Waals surface area contributed by atoms with E-state index in [9.17, 15) is 29.1 Å². The van der Waals surface area contributed by atoms with Crippen LogP contribution in [-0.4, -0.2) is 64.6 Å². The minimum absolute atomic E-state index is 0.0191. The van der Waals surface area contributed by atoms with Gasteiger partial charge in [-0.3, -0.25) is 19.2 Å². The maximum atomic E-state index is 12.7. The number of hydrogen-bond donors (Lipinski definition) is 7. The summed E-state index contributed by atoms with van der Waals surface area (Å²) in [5, 5.41) is 16.8. The first kappa shape index (κ1) is 28.7. The fraction of sp³-hybridized carbons (Fsp3) is 0.737. The van der Waals surface area contributed by atoms with Gasteiger partial charge in [-0.15, -0.1) is 0 Å². The van der Waals surface area contributed by atoms with Gasteiger partial charge in [0.15, 0.2) is 0 Å². The van der Waals surface area contributed by atoms with Gasteiger partial charge >= 0.3 is 5.97 Å². The molecule has 178 valence electrons. The average Bonchev–Trinajstić information content (AvgIpc) is 2.70. The number of nitrogens with one attached hydrogen (secondary N) is 3. The third-order valence-corrected chi connectivity index (χ3v) is 5.24. The van der Waals surface area contributed by atoms with Crippen molar-refractivity contribution in [2.75, 3.05) is 5.75 Å². The normalized spacial score (nSPS) is 15.8. The molecule has 0 aliphatic rings. The molecule has 0 heterocycles. The second kappa shape index (κ2) is 13.9. The van der Waals surface area contributed by atoms with Crippen molar-refractivity contribution >= 4 is 42.2 Å². The predicted octanol–water partition coefficient (Wildman–Crippen LogP) is -1.25. The van der Waals surface area contributed by atoms with Crippen LogP contribution in [0.15, 0.2) is 0 Å². The zero-order valence-electron chi connectivity index (χ0n) is 18.4. The van der Waals surface area contributed by atoms with Crippen molar-refractivity contribution in [3.8, 4) is 0 Å². The molecule has 31 heavy (non-hydrogen) atoms. The summed E-state index contributed by atoms with van der Waals surface area (Å²) < 4.78 is 0. The summed E-state index contributed by atoms with van der Waals surface area (Å²) in [5.41, 5.74) is 10.7. The third-order valence-electron chi connectivity index (χ3n) is 4.88. The Morgan fingerprint density at radius 1 is 0.935 bits per heavy atom. The lowest BCUT2D eigenvalue weighted by atomic mass is 9.97. The number of carboxylic acids is 1. The van der Waals surface area contributed by atoms with Gasteiger partial charge < -0.3 is 32.5 Å². The van der Waals surface area contributed by atoms with E-state index in [-0.39, 0.29) is 30.4 Å². The minimum Gasteiger partial charge on any atom is -0.480 e. The van der Waals surface area contributed by atoms with Crippen LogP contribution in [0, 0.1) is 11.8 Å². The highest BCUT2D eigenvalue weighted by molar-refractivity contribution is 7.80. The molecule has 0 radical (unpaired) electrons. The second-order valence-corrected chi connectivity index (χ2v) is 8.16. The fourth-order valence-corrected chi connectivity index (χ4v) is 2.87. The summed E-state index contributed by atoms with van der Waals surface area (Å²) in [6.45, 7) is 6.90. The van der Waals surface area contributed by atoms with Gasteiger partial charge in [0.1, 0.15) is 18.1 Å². The van der Waals surface area contributed by atoms with E-state index in [2.05, 4.69) is 28.6 Å². The van der Waals surface area contributed by atoms with Gasteiger partial charge in [-0.25, -0.2) is 4.79 Å². The van der Waals surface area contributed by atoms with Gasteiger partial charge in [0.25, 0.3) is 0 Å². The summed E-state index contributed by atoms with van der Waals surface area (Å²) >= 11 is 4.06. The molecule has 0 aromatic carbocycles. The third kappa shape index (κ3) is 10.0. The van der Waals surface area contributed by atoms with Crippen LogP contribution in [0.2, 0.25) is 0 Å². The van der Waals surface area contributed by atoms with Crippen molar-refractivity contribution in [2.45, 2.75) is 71.1 Å². The standard InChI is InChI=1S/C19H35N5O6S/c1-5-10(4)15(19(29)30)24-18(28)14(9(2)3)23-17(27)12(8-31)22-16(26)11(20)6-7-13(21)25/h9-12,14-15,31H,5-8,20H2,1-4H3,(H2,21,25)(H,22,26)(H,23,27)(H,24,28)(H,29,30). The maximum Gasteiger partial charge on any atom is 0.326 e. The molecule has 0 spiro atoms. The number of carbonyl (C=O) groups excluding carboxylic acids is 4. The van der Waals surface area contributed by atoms with Gasteiger partial charge in [-0.1, -0.05) is 34.1 Å². The van der Waals surface area contributed by atoms with E-state index in [1.165, 1.54) is 0 Å². The number of primary amides is 1. The molecule has 0 bridgehead atoms. The van der Waals surface area contributed by atoms with Gasteiger partial charge in [0.2, 0.25) is 23.6 Å². The highest BCUT2D eigenvalue weighted by Gasteiger charge is 2.33. The van der Waals surface area contributed by atoms with Crippen molar-refractivity contribution in [1.29, 1.82) is 0 Å². The number of aliphatic carboxylic acids is 1. The van der Waals surface area contributed by atoms with Crippen LogP contribution in [-0.2, 0) is 24.0 Å². The summed E-state index contributed by atoms with van der Waals surface area (Å²) in [6.07, 6.45) is 0.480. The van der Waals surface area contributed by atoms with E-state index >= 15 is 0 Å². The molecule has 11 nitrogen and oxygen atoms in total. The molecule has 8 N–H and O–H groups in total. The van der Waals surface area contributed by atoms with E-state index in [1.54, 1.807) is 20.8 Å². The molecule has 5 unspecified atom stereocenters. The number of thiol groups is 1. The smallest absolute Gasteiger partial charge is 0.326 e. The Bertz CT molecular complexity index is 660. The first-order valence-electron chi connectivity index (χ1n) is 10.1. The van der Waals surface area contributed by atoms with Crippen LogP contribution in [0.5, 0.6) is 0 Å². The van der Waals surface area contributed by atoms with Gasteiger partial charge in [-0.05, 0) is 18.3 Å². The molecule has 0 aromatic rings. The Labute approximate surface area is 187 Å². The van der Waals surface area contributed by atoms with Crippen LogP contribution < -0.4 is 27.4 Å². The Kier molecular flexibility index (Phi) is 12.8. The van der Waals surface area contributed by atoms with Gasteiger partial charge in [-0.2, -0.15) is 12.6 Å². The maximum absolute atomic E-state index is 12.7. The number of carbonyl (C=O) groups is 5. The molecular formula is C19H35N5O6S. The lowest BCUT2D eigenvalue weighted by Crippen LogP contribution is -2.59. The number of hydrogen-bond acceptors (Lipinski definition) is 7. The molecule has 0 aliphatic heterocycles. The highest BCUT2D eigenvalue weighted by atomic mass is 32.1. The average molecular weight is 462 g/mol. The summed E-state index contributed by atoms with van der Waals surface area (Å²) in [4.78, 5) is 59.8. The van der Waals surface area contributed by atoms with Crippen molar-refractivity contribution < 1.29 is 29.1 Å². The van der Waals surface area contributed by atoms with Crippen LogP contribution in [0.1, 0.15) is 47.0 Å². The molecule has 5 atom stereocenters. The number of amides is 4. The molecule has 12 heteroatoms. The lowest BCUT2D eigenvalue weighted by Gasteiger charge is -2.28. The summed E-state index contributed by atoms with van der Waals surface area (Å²) in [6, 6.07) is -4.26. The van der Waals surface area contributed by atoms with Crippen LogP contribution in [0.25, 0.3) is 0 Å². The Balaban J connectivity index is 5.18. The molecule has 0 rings (SSSR count). The molecule has 4 amide bonds. The quantitative estimate of drug-likeness (QED) is 0.157. The molecule has 0 saturated carbocycles. The summed E-state index contributed by atoms with van der Waals surface area (Å²) in [5.74, 6) is -4.48. The van der Waals surface area contributed by atoms with Crippen molar-refractivity contribution in [2.24, 2.45) is 23.3 Å². The highest BCUT2D eigenvalue weighted by Crippen LogP contribution is 2.10. The molecule has 0 aromatic heterocycles. The SMILES string of the molecule is CCC(C)C(NC(=O)C(NC(=O)C(CS)NC(=O)C(N)CCC(N)=O)C(C)C)C(=O)O. The van der Waals surface area contributed by atoms with E-state index in [1.807, 2.05) is 6.92 Å². The second-order valence-electron chi connectivity index (χ2n) is 7.80. The van der Waals surface area contributed by atoms with Crippen molar-refractivity contribution in [3.63, 3.8) is 0 Å². The van der Waals surface area contributed by atoms with Crippen molar-refractivity contribution in [1.82, 2.24) is 16.0 Å². The fourth-order valence-electron chi connectivity index (χ4n) is 2.62. The van der Waals surface area contributed by atoms with Crippen LogP contribution >= 0.6 is 12.6 Å². The number of carboxylic acid groups (broad SMARTS) is 1. The summed E-state index contributed by atoms with van der Waals surface area (Å²) in [7, 11) is 0. The largest absolute Gasteiger partial charge is 0.480 e. The molecule has 0 saturated heterocycles. The lowest BCUT2D eigenvalue weighted by molar-refractivity contribution is -0.144.